The van der Waals surface area contributed by atoms with Gasteiger partial charge >= 0.3 is 0 Å². The fourth-order valence-electron chi connectivity index (χ4n) is 5.79. The lowest BCUT2D eigenvalue weighted by Crippen LogP contribution is -2.48. The van der Waals surface area contributed by atoms with Gasteiger partial charge in [-0.1, -0.05) is 25.3 Å². The van der Waals surface area contributed by atoms with E-state index in [-0.39, 0.29) is 17.1 Å². The van der Waals surface area contributed by atoms with Crippen LogP contribution in [0, 0.1) is 12.8 Å². The van der Waals surface area contributed by atoms with E-state index in [1.54, 1.807) is 9.21 Å². The Hall–Kier alpha value is -1.48. The maximum atomic E-state index is 13.2. The van der Waals surface area contributed by atoms with Gasteiger partial charge in [-0.15, -0.1) is 0 Å². The van der Waals surface area contributed by atoms with Crippen molar-refractivity contribution in [3.8, 4) is 0 Å². The van der Waals surface area contributed by atoms with E-state index in [9.17, 15) is 13.2 Å². The van der Waals surface area contributed by atoms with Gasteiger partial charge in [0.15, 0.2) is 0 Å². The van der Waals surface area contributed by atoms with Crippen LogP contribution in [0.4, 0.5) is 5.69 Å². The molecule has 0 unspecified atom stereocenters. The first kappa shape index (κ1) is 25.6. The molecule has 1 aliphatic carbocycles. The largest absolute Gasteiger partial charge is 0.315 e. The SMILES string of the molecule is Cc1cc(N(C)C(=O)C2CCN(S(=O)(=O)C3CCCCC3)CC2)ccc1CN1CCN[C@@H](C)C1. The van der Waals surface area contributed by atoms with Crippen LogP contribution in [0.2, 0.25) is 0 Å². The molecule has 2 saturated heterocycles. The minimum atomic E-state index is -3.23. The van der Waals surface area contributed by atoms with E-state index < -0.39 is 10.0 Å². The van der Waals surface area contributed by atoms with Gasteiger partial charge in [0.25, 0.3) is 0 Å². The molecule has 2 aliphatic heterocycles. The first-order valence-corrected chi connectivity index (χ1v) is 14.6. The minimum absolute atomic E-state index is 0.0952. The zero-order chi connectivity index (χ0) is 24.3. The van der Waals surface area contributed by atoms with Crippen molar-refractivity contribution in [3.63, 3.8) is 0 Å². The third-order valence-electron chi connectivity index (χ3n) is 8.03. The summed E-state index contributed by atoms with van der Waals surface area (Å²) >= 11 is 0. The van der Waals surface area contributed by atoms with Gasteiger partial charge in [-0.3, -0.25) is 9.69 Å². The fourth-order valence-corrected chi connectivity index (χ4v) is 7.87. The lowest BCUT2D eigenvalue weighted by atomic mass is 9.96. The summed E-state index contributed by atoms with van der Waals surface area (Å²) in [5, 5.41) is 3.26. The maximum Gasteiger partial charge on any atom is 0.229 e. The zero-order valence-corrected chi connectivity index (χ0v) is 21.9. The standard InChI is InChI=1S/C26H42N4O3S/c1-20-17-24(10-9-23(20)19-29-16-13-27-21(2)18-29)28(3)26(31)22-11-14-30(15-12-22)34(32,33)25-7-5-4-6-8-25/h9-10,17,21-22,25,27H,4-8,11-16,18-19H2,1-3H3/t21-/m0/s1. The number of rotatable bonds is 6. The van der Waals surface area contributed by atoms with E-state index in [2.05, 4.69) is 42.3 Å². The molecule has 1 aromatic rings. The number of amides is 1. The second-order valence-corrected chi connectivity index (χ2v) is 12.8. The van der Waals surface area contributed by atoms with Gasteiger partial charge in [0.1, 0.15) is 0 Å². The average molecular weight is 491 g/mol. The Morgan fingerprint density at radius 3 is 2.44 bits per heavy atom. The van der Waals surface area contributed by atoms with Gasteiger partial charge < -0.3 is 10.2 Å². The quantitative estimate of drug-likeness (QED) is 0.663. The highest BCUT2D eigenvalue weighted by Crippen LogP contribution is 2.30. The topological polar surface area (TPSA) is 73.0 Å². The number of anilines is 1. The summed E-state index contributed by atoms with van der Waals surface area (Å²) in [4.78, 5) is 17.5. The normalized spacial score (nSPS) is 24.3. The minimum Gasteiger partial charge on any atom is -0.315 e. The summed E-state index contributed by atoms with van der Waals surface area (Å²) in [6.45, 7) is 9.33. The number of nitrogens with zero attached hydrogens (tertiary/aromatic N) is 3. The molecule has 3 aliphatic rings. The van der Waals surface area contributed by atoms with E-state index in [0.29, 0.717) is 32.0 Å². The molecule has 4 rings (SSSR count). The van der Waals surface area contributed by atoms with Crippen molar-refractivity contribution >= 4 is 21.6 Å². The smallest absolute Gasteiger partial charge is 0.229 e. The number of benzene rings is 1. The van der Waals surface area contributed by atoms with E-state index in [1.165, 1.54) is 11.1 Å². The van der Waals surface area contributed by atoms with Crippen molar-refractivity contribution in [1.29, 1.82) is 0 Å². The highest BCUT2D eigenvalue weighted by molar-refractivity contribution is 7.89. The van der Waals surface area contributed by atoms with Crippen LogP contribution in [0.1, 0.15) is 63.0 Å². The Labute approximate surface area is 205 Å². The molecule has 1 amide bonds. The Morgan fingerprint density at radius 1 is 1.09 bits per heavy atom. The zero-order valence-electron chi connectivity index (χ0n) is 21.1. The number of hydrogen-bond acceptors (Lipinski definition) is 5. The van der Waals surface area contributed by atoms with Crippen LogP contribution >= 0.6 is 0 Å². The van der Waals surface area contributed by atoms with Crippen LogP contribution < -0.4 is 10.2 Å². The van der Waals surface area contributed by atoms with Crippen molar-refractivity contribution in [3.05, 3.63) is 29.3 Å². The predicted molar refractivity (Wildman–Crippen MR) is 137 cm³/mol. The molecule has 7 nitrogen and oxygen atoms in total. The van der Waals surface area contributed by atoms with Crippen LogP contribution in [0.15, 0.2) is 18.2 Å². The Kier molecular flexibility index (Phi) is 8.33. The van der Waals surface area contributed by atoms with Crippen LogP contribution in [-0.4, -0.2) is 74.6 Å². The molecule has 0 aromatic heterocycles. The maximum absolute atomic E-state index is 13.2. The first-order chi connectivity index (χ1) is 16.3. The summed E-state index contributed by atoms with van der Waals surface area (Å²) in [7, 11) is -1.39. The van der Waals surface area contributed by atoms with Gasteiger partial charge in [0, 0.05) is 64.0 Å². The monoisotopic (exact) mass is 490 g/mol. The van der Waals surface area contributed by atoms with E-state index >= 15 is 0 Å². The molecule has 0 spiro atoms. The number of piperazine rings is 1. The van der Waals surface area contributed by atoms with Gasteiger partial charge in [-0.2, -0.15) is 0 Å². The first-order valence-electron chi connectivity index (χ1n) is 13.1. The summed E-state index contributed by atoms with van der Waals surface area (Å²) in [6, 6.07) is 6.83. The van der Waals surface area contributed by atoms with E-state index in [4.69, 9.17) is 0 Å². The molecular weight excluding hydrogens is 448 g/mol. The second-order valence-electron chi connectivity index (χ2n) is 10.6. The number of hydrogen-bond donors (Lipinski definition) is 1. The highest BCUT2D eigenvalue weighted by Gasteiger charge is 2.37. The number of sulfonamides is 1. The summed E-state index contributed by atoms with van der Waals surface area (Å²) in [6.07, 6.45) is 5.94. The molecule has 8 heteroatoms. The third kappa shape index (κ3) is 5.83. The molecule has 1 saturated carbocycles. The Morgan fingerprint density at radius 2 is 1.79 bits per heavy atom. The van der Waals surface area contributed by atoms with Gasteiger partial charge in [0.2, 0.25) is 15.9 Å². The summed E-state index contributed by atoms with van der Waals surface area (Å²) in [5.41, 5.74) is 3.42. The van der Waals surface area contributed by atoms with Crippen molar-refractivity contribution < 1.29 is 13.2 Å². The lowest BCUT2D eigenvalue weighted by molar-refractivity contribution is -0.123. The average Bonchev–Trinajstić information content (AvgIpc) is 2.85. The molecule has 3 fully saturated rings. The fraction of sp³-hybridized carbons (Fsp3) is 0.731. The molecule has 2 heterocycles. The number of aryl methyl sites for hydroxylation is 1. The third-order valence-corrected chi connectivity index (χ3v) is 10.4. The van der Waals surface area contributed by atoms with Gasteiger partial charge in [0.05, 0.1) is 5.25 Å². The van der Waals surface area contributed by atoms with Crippen LogP contribution in [0.25, 0.3) is 0 Å². The Balaban J connectivity index is 1.33. The van der Waals surface area contributed by atoms with Crippen molar-refractivity contribution in [1.82, 2.24) is 14.5 Å². The highest BCUT2D eigenvalue weighted by atomic mass is 32.2. The molecule has 1 N–H and O–H groups in total. The van der Waals surface area contributed by atoms with Crippen LogP contribution in [0.3, 0.4) is 0 Å². The number of nitrogens with one attached hydrogen (secondary N) is 1. The molecule has 0 bridgehead atoms. The Bertz CT molecular complexity index is 953. The van der Waals surface area contributed by atoms with Crippen LogP contribution in [-0.2, 0) is 21.4 Å². The lowest BCUT2D eigenvalue weighted by Gasteiger charge is -2.35. The molecule has 190 valence electrons. The summed E-state index contributed by atoms with van der Waals surface area (Å²) in [5.74, 6) is -0.0251. The molecular formula is C26H42N4O3S. The van der Waals surface area contributed by atoms with E-state index in [0.717, 1.165) is 64.0 Å². The molecule has 34 heavy (non-hydrogen) atoms. The number of piperidine rings is 1. The van der Waals surface area contributed by atoms with Crippen molar-refractivity contribution in [2.24, 2.45) is 5.92 Å². The summed E-state index contributed by atoms with van der Waals surface area (Å²) < 4.78 is 27.7. The van der Waals surface area contributed by atoms with Crippen molar-refractivity contribution in [2.75, 3.05) is 44.7 Å². The van der Waals surface area contributed by atoms with Crippen molar-refractivity contribution in [2.45, 2.75) is 76.6 Å². The second kappa shape index (κ2) is 11.1. The number of carbonyl (C=O) groups excluding carboxylic acids is 1. The molecule has 1 aromatic carbocycles. The predicted octanol–water partition coefficient (Wildman–Crippen LogP) is 3.13. The van der Waals surface area contributed by atoms with Gasteiger partial charge in [-0.05, 0) is 62.8 Å². The van der Waals surface area contributed by atoms with E-state index in [1.807, 2.05) is 7.05 Å². The van der Waals surface area contributed by atoms with Crippen LogP contribution in [0.5, 0.6) is 0 Å². The molecule has 1 atom stereocenters. The van der Waals surface area contributed by atoms with Gasteiger partial charge in [-0.25, -0.2) is 12.7 Å². The number of carbonyl (C=O) groups is 1. The molecule has 0 radical (unpaired) electrons.